The Morgan fingerprint density at radius 1 is 1.37 bits per heavy atom. The quantitative estimate of drug-likeness (QED) is 0.608. The number of aliphatic hydroxyl groups is 1. The summed E-state index contributed by atoms with van der Waals surface area (Å²) in [5, 5.41) is 10.3. The highest BCUT2D eigenvalue weighted by molar-refractivity contribution is 5.79. The second-order valence-corrected chi connectivity index (χ2v) is 8.98. The van der Waals surface area contributed by atoms with Gasteiger partial charge in [-0.3, -0.25) is 4.79 Å². The van der Waals surface area contributed by atoms with E-state index in [0.717, 1.165) is 19.3 Å². The van der Waals surface area contributed by atoms with E-state index in [2.05, 4.69) is 13.0 Å². The summed E-state index contributed by atoms with van der Waals surface area (Å²) in [6, 6.07) is 5.23. The lowest BCUT2D eigenvalue weighted by Crippen LogP contribution is -2.33. The van der Waals surface area contributed by atoms with Crippen molar-refractivity contribution in [3.8, 4) is 11.7 Å². The van der Waals surface area contributed by atoms with Crippen LogP contribution in [0.1, 0.15) is 65.4 Å². The molecule has 162 valence electrons. The van der Waals surface area contributed by atoms with E-state index in [9.17, 15) is 9.90 Å². The van der Waals surface area contributed by atoms with Crippen LogP contribution in [0.5, 0.6) is 11.7 Å². The predicted molar refractivity (Wildman–Crippen MR) is 120 cm³/mol. The van der Waals surface area contributed by atoms with Crippen LogP contribution in [0.3, 0.4) is 0 Å². The van der Waals surface area contributed by atoms with E-state index in [1.165, 1.54) is 5.57 Å². The summed E-state index contributed by atoms with van der Waals surface area (Å²) in [6.07, 6.45) is 8.38. The van der Waals surface area contributed by atoms with Gasteiger partial charge >= 0.3 is 0 Å². The van der Waals surface area contributed by atoms with Crippen molar-refractivity contribution >= 4 is 11.0 Å². The molecule has 5 nitrogen and oxygen atoms in total. The maximum atomic E-state index is 13.1. The Bertz CT molecular complexity index is 1040. The minimum Gasteiger partial charge on any atom is -0.497 e. The highest BCUT2D eigenvalue weighted by atomic mass is 16.6. The highest BCUT2D eigenvalue weighted by Crippen LogP contribution is 2.46. The Labute approximate surface area is 178 Å². The Hall–Kier alpha value is -2.53. The van der Waals surface area contributed by atoms with Gasteiger partial charge in [0.1, 0.15) is 16.9 Å². The predicted octanol–water partition coefficient (Wildman–Crippen LogP) is 5.50. The number of allylic oxidation sites excluding steroid dienone is 3. The summed E-state index contributed by atoms with van der Waals surface area (Å²) < 4.78 is 17.4. The first kappa shape index (κ1) is 22.2. The molecule has 1 aliphatic heterocycles. The number of hydrogen-bond donors (Lipinski definition) is 1. The molecule has 0 bridgehead atoms. The lowest BCUT2D eigenvalue weighted by Gasteiger charge is -2.27. The summed E-state index contributed by atoms with van der Waals surface area (Å²) in [4.78, 5) is 13.1. The minimum absolute atomic E-state index is 0.0337. The van der Waals surface area contributed by atoms with Gasteiger partial charge in [0.25, 0.3) is 5.95 Å². The van der Waals surface area contributed by atoms with Gasteiger partial charge in [-0.2, -0.15) is 0 Å². The Morgan fingerprint density at radius 2 is 2.10 bits per heavy atom. The van der Waals surface area contributed by atoms with E-state index in [1.54, 1.807) is 45.2 Å². The molecule has 5 heteroatoms. The Balaban J connectivity index is 1.76. The zero-order valence-electron chi connectivity index (χ0n) is 18.7. The maximum Gasteiger partial charge on any atom is 0.293 e. The van der Waals surface area contributed by atoms with Crippen LogP contribution in [0, 0.1) is 0 Å². The molecule has 0 saturated heterocycles. The summed E-state index contributed by atoms with van der Waals surface area (Å²) in [6.45, 7) is 9.66. The molecule has 0 unspecified atom stereocenters. The molecule has 0 saturated carbocycles. The summed E-state index contributed by atoms with van der Waals surface area (Å²) in [7, 11) is 1.58. The van der Waals surface area contributed by atoms with E-state index in [-0.39, 0.29) is 11.3 Å². The van der Waals surface area contributed by atoms with Gasteiger partial charge in [-0.05, 0) is 59.1 Å². The van der Waals surface area contributed by atoms with Crippen molar-refractivity contribution in [2.45, 2.75) is 71.0 Å². The number of benzene rings is 1. The van der Waals surface area contributed by atoms with Gasteiger partial charge in [0.05, 0.1) is 23.7 Å². The third-order valence-corrected chi connectivity index (χ3v) is 5.87. The van der Waals surface area contributed by atoms with Gasteiger partial charge in [-0.25, -0.2) is 0 Å². The van der Waals surface area contributed by atoms with Gasteiger partial charge in [0, 0.05) is 12.0 Å². The summed E-state index contributed by atoms with van der Waals surface area (Å²) in [5.41, 5.74) is 0.988. The van der Waals surface area contributed by atoms with Crippen LogP contribution in [0.25, 0.3) is 11.0 Å². The fourth-order valence-electron chi connectivity index (χ4n) is 3.84. The van der Waals surface area contributed by atoms with Crippen molar-refractivity contribution in [2.75, 3.05) is 7.11 Å². The van der Waals surface area contributed by atoms with E-state index < -0.39 is 11.2 Å². The lowest BCUT2D eigenvalue weighted by atomic mass is 9.83. The normalized spacial score (nSPS) is 21.8. The van der Waals surface area contributed by atoms with Crippen molar-refractivity contribution in [1.29, 1.82) is 0 Å². The molecule has 0 spiro atoms. The molecule has 1 aromatic heterocycles. The van der Waals surface area contributed by atoms with Gasteiger partial charge in [0.2, 0.25) is 0 Å². The molecule has 3 rings (SSSR count). The van der Waals surface area contributed by atoms with Crippen molar-refractivity contribution in [3.63, 3.8) is 0 Å². The number of fused-ring (bicyclic) bond motifs is 2. The zero-order chi connectivity index (χ0) is 22.1. The van der Waals surface area contributed by atoms with Crippen molar-refractivity contribution in [2.24, 2.45) is 0 Å². The number of ether oxygens (including phenoxy) is 2. The largest absolute Gasteiger partial charge is 0.497 e. The third-order valence-electron chi connectivity index (χ3n) is 5.87. The SMILES string of the molecule is COc1ccc2c(=O)c3c(oc2c1)O[C@@](C)(CC/C=C(\C)C/C=C/C(C)(C)O)[C@@H]3C. The highest BCUT2D eigenvalue weighted by Gasteiger charge is 2.45. The Kier molecular flexibility index (Phi) is 6.14. The molecule has 2 heterocycles. The van der Waals surface area contributed by atoms with Crippen LogP contribution in [0.4, 0.5) is 0 Å². The van der Waals surface area contributed by atoms with Crippen molar-refractivity contribution < 1.29 is 19.0 Å². The average molecular weight is 413 g/mol. The summed E-state index contributed by atoms with van der Waals surface area (Å²) >= 11 is 0. The molecule has 0 amide bonds. The molecule has 0 aliphatic carbocycles. The fraction of sp³-hybridized carbons (Fsp3) is 0.480. The van der Waals surface area contributed by atoms with Crippen LogP contribution >= 0.6 is 0 Å². The van der Waals surface area contributed by atoms with Gasteiger partial charge in [-0.1, -0.05) is 30.7 Å². The second-order valence-electron chi connectivity index (χ2n) is 8.98. The molecule has 1 aliphatic rings. The first-order chi connectivity index (χ1) is 14.0. The molecule has 2 atom stereocenters. The number of methoxy groups -OCH3 is 1. The van der Waals surface area contributed by atoms with Gasteiger partial charge in [0.15, 0.2) is 5.43 Å². The average Bonchev–Trinajstić information content (AvgIpc) is 2.91. The smallest absolute Gasteiger partial charge is 0.293 e. The fourth-order valence-corrected chi connectivity index (χ4v) is 3.84. The topological polar surface area (TPSA) is 68.9 Å². The van der Waals surface area contributed by atoms with Gasteiger partial charge in [-0.15, -0.1) is 0 Å². The molecular weight excluding hydrogens is 380 g/mol. The van der Waals surface area contributed by atoms with Crippen LogP contribution in [0.15, 0.2) is 51.2 Å². The molecule has 30 heavy (non-hydrogen) atoms. The van der Waals surface area contributed by atoms with Crippen LogP contribution in [-0.2, 0) is 0 Å². The second kappa shape index (κ2) is 8.31. The maximum absolute atomic E-state index is 13.1. The zero-order valence-corrected chi connectivity index (χ0v) is 18.7. The van der Waals surface area contributed by atoms with Crippen LogP contribution in [-0.4, -0.2) is 23.4 Å². The number of rotatable bonds is 7. The minimum atomic E-state index is -0.792. The van der Waals surface area contributed by atoms with E-state index >= 15 is 0 Å². The van der Waals surface area contributed by atoms with Gasteiger partial charge < -0.3 is 19.0 Å². The molecule has 0 fully saturated rings. The number of hydrogen-bond acceptors (Lipinski definition) is 5. The Morgan fingerprint density at radius 3 is 2.77 bits per heavy atom. The van der Waals surface area contributed by atoms with E-state index in [0.29, 0.717) is 28.2 Å². The molecule has 1 aromatic carbocycles. The molecule has 1 N–H and O–H groups in total. The first-order valence-corrected chi connectivity index (χ1v) is 10.4. The van der Waals surface area contributed by atoms with Crippen LogP contribution in [0.2, 0.25) is 0 Å². The van der Waals surface area contributed by atoms with E-state index in [4.69, 9.17) is 13.9 Å². The van der Waals surface area contributed by atoms with E-state index in [1.807, 2.05) is 19.9 Å². The van der Waals surface area contributed by atoms with Crippen molar-refractivity contribution in [1.82, 2.24) is 0 Å². The monoisotopic (exact) mass is 412 g/mol. The molecular formula is C25H32O5. The summed E-state index contributed by atoms with van der Waals surface area (Å²) in [5.74, 6) is 0.891. The first-order valence-electron chi connectivity index (χ1n) is 10.4. The van der Waals surface area contributed by atoms with Crippen molar-refractivity contribution in [3.05, 3.63) is 57.8 Å². The molecule has 2 aromatic rings. The molecule has 0 radical (unpaired) electrons. The third kappa shape index (κ3) is 4.62. The van der Waals surface area contributed by atoms with Crippen LogP contribution < -0.4 is 14.9 Å². The standard InChI is InChI=1S/C25H32O5/c1-16(9-7-13-24(3,4)27)10-8-14-25(5)17(2)21-22(26)19-12-11-18(28-6)15-20(19)29-23(21)30-25/h7,10-13,15,17,27H,8-9,14H2,1-6H3/b13-7+,16-10+/t17-,25+/m1/s1. The lowest BCUT2D eigenvalue weighted by molar-refractivity contribution is 0.0637.